The van der Waals surface area contributed by atoms with E-state index in [0.717, 1.165) is 25.7 Å². The molecule has 0 atom stereocenters. The van der Waals surface area contributed by atoms with Crippen LogP contribution in [0, 0.1) is 0 Å². The van der Waals surface area contributed by atoms with Crippen LogP contribution in [-0.2, 0) is 25.7 Å². The maximum atomic E-state index is 2.75. The average Bonchev–Trinajstić information content (AvgIpc) is 3.01. The van der Waals surface area contributed by atoms with Gasteiger partial charge in [-0.15, -0.1) is 0 Å². The van der Waals surface area contributed by atoms with Gasteiger partial charge in [0, 0.05) is 17.8 Å². The van der Waals surface area contributed by atoms with Crippen molar-refractivity contribution in [2.75, 3.05) is 4.81 Å². The molecule has 4 heterocycles. The minimum atomic E-state index is 0.293. The zero-order valence-electron chi connectivity index (χ0n) is 16.8. The van der Waals surface area contributed by atoms with Crippen LogP contribution < -0.4 is 15.7 Å². The standard InChI is InChI=1S/C28H20BN/c1-5-17-13-18-6-2-8-20-15-22-10-4-12-24-16-23-11-3-9-21-14-19(7-1)25(17)29(26(18)20)30(27(21)23)28(22)24/h1-12H,13-16H2. The van der Waals surface area contributed by atoms with E-state index in [0.29, 0.717) is 6.85 Å². The van der Waals surface area contributed by atoms with E-state index in [-0.39, 0.29) is 0 Å². The third-order valence-electron chi connectivity index (χ3n) is 7.79. The first-order valence-electron chi connectivity index (χ1n) is 11.1. The summed E-state index contributed by atoms with van der Waals surface area (Å²) in [4.78, 5) is 2.75. The molecular weight excluding hydrogens is 361 g/mol. The summed E-state index contributed by atoms with van der Waals surface area (Å²) >= 11 is 0. The molecule has 0 spiro atoms. The molecule has 4 aromatic rings. The highest BCUT2D eigenvalue weighted by Gasteiger charge is 2.45. The van der Waals surface area contributed by atoms with E-state index < -0.39 is 0 Å². The summed E-state index contributed by atoms with van der Waals surface area (Å²) < 4.78 is 0. The van der Waals surface area contributed by atoms with E-state index in [9.17, 15) is 0 Å². The van der Waals surface area contributed by atoms with Crippen molar-refractivity contribution in [3.8, 4) is 0 Å². The molecule has 140 valence electrons. The fraction of sp³-hybridized carbons (Fsp3) is 0.143. The van der Waals surface area contributed by atoms with Crippen molar-refractivity contribution < 1.29 is 0 Å². The smallest absolute Gasteiger partial charge is 0.329 e. The van der Waals surface area contributed by atoms with Crippen molar-refractivity contribution in [1.82, 2.24) is 0 Å². The summed E-state index contributed by atoms with van der Waals surface area (Å²) in [5.41, 5.74) is 18.1. The monoisotopic (exact) mass is 381 g/mol. The third-order valence-corrected chi connectivity index (χ3v) is 7.79. The Balaban J connectivity index is 1.60. The molecule has 0 saturated heterocycles. The van der Waals surface area contributed by atoms with Gasteiger partial charge in [-0.25, -0.2) is 0 Å². The Hall–Kier alpha value is -3.26. The number of nitrogens with zero attached hydrogens (tertiary/aromatic N) is 1. The van der Waals surface area contributed by atoms with Crippen LogP contribution in [0.5, 0.6) is 0 Å². The lowest BCUT2D eigenvalue weighted by Crippen LogP contribution is -2.60. The highest BCUT2D eigenvalue weighted by molar-refractivity contribution is 6.91. The van der Waals surface area contributed by atoms with Gasteiger partial charge >= 0.3 is 6.85 Å². The van der Waals surface area contributed by atoms with Gasteiger partial charge in [0.1, 0.15) is 0 Å². The summed E-state index contributed by atoms with van der Waals surface area (Å²) in [6, 6.07) is 28.0. The Labute approximate surface area is 177 Å². The van der Waals surface area contributed by atoms with E-state index in [1.165, 1.54) is 55.9 Å². The lowest BCUT2D eigenvalue weighted by molar-refractivity contribution is 1.07. The Kier molecular flexibility index (Phi) is 2.73. The average molecular weight is 381 g/mol. The van der Waals surface area contributed by atoms with Gasteiger partial charge in [0.2, 0.25) is 0 Å². The van der Waals surface area contributed by atoms with Crippen LogP contribution >= 0.6 is 0 Å². The molecule has 0 saturated carbocycles. The molecule has 8 rings (SSSR count). The second-order valence-corrected chi connectivity index (χ2v) is 9.31. The van der Waals surface area contributed by atoms with E-state index >= 15 is 0 Å². The van der Waals surface area contributed by atoms with Crippen LogP contribution in [0.3, 0.4) is 0 Å². The zero-order chi connectivity index (χ0) is 19.4. The van der Waals surface area contributed by atoms with Crippen molar-refractivity contribution in [2.24, 2.45) is 0 Å². The molecule has 30 heavy (non-hydrogen) atoms. The second kappa shape index (κ2) is 5.26. The summed E-state index contributed by atoms with van der Waals surface area (Å²) in [6.45, 7) is 0.293. The van der Waals surface area contributed by atoms with Crippen LogP contribution in [0.2, 0.25) is 0 Å². The first kappa shape index (κ1) is 15.6. The minimum Gasteiger partial charge on any atom is -0.376 e. The number of benzene rings is 4. The number of hydrogen-bond donors (Lipinski definition) is 0. The highest BCUT2D eigenvalue weighted by Crippen LogP contribution is 2.47. The van der Waals surface area contributed by atoms with Gasteiger partial charge in [0.05, 0.1) is 0 Å². The number of hydrogen-bond acceptors (Lipinski definition) is 1. The van der Waals surface area contributed by atoms with Crippen molar-refractivity contribution in [3.63, 3.8) is 0 Å². The molecule has 0 radical (unpaired) electrons. The van der Waals surface area contributed by atoms with Crippen LogP contribution in [-0.4, -0.2) is 6.85 Å². The van der Waals surface area contributed by atoms with Gasteiger partial charge in [-0.1, -0.05) is 72.8 Å². The first-order valence-corrected chi connectivity index (χ1v) is 11.1. The van der Waals surface area contributed by atoms with Crippen molar-refractivity contribution >= 4 is 29.1 Å². The van der Waals surface area contributed by atoms with Crippen molar-refractivity contribution in [3.05, 3.63) is 117 Å². The fourth-order valence-corrected chi connectivity index (χ4v) is 6.72. The Morgan fingerprint density at radius 3 is 1.13 bits per heavy atom. The number of rotatable bonds is 0. The highest BCUT2D eigenvalue weighted by atomic mass is 15.1. The zero-order valence-corrected chi connectivity index (χ0v) is 16.8. The molecule has 0 aliphatic carbocycles. The fourth-order valence-electron chi connectivity index (χ4n) is 6.72. The molecule has 4 aromatic carbocycles. The van der Waals surface area contributed by atoms with E-state index in [1.54, 1.807) is 10.9 Å². The predicted octanol–water partition coefficient (Wildman–Crippen LogP) is 4.25. The maximum Gasteiger partial charge on any atom is 0.329 e. The van der Waals surface area contributed by atoms with Gasteiger partial charge in [-0.3, -0.25) is 0 Å². The topological polar surface area (TPSA) is 3.24 Å². The van der Waals surface area contributed by atoms with Crippen molar-refractivity contribution in [1.29, 1.82) is 0 Å². The van der Waals surface area contributed by atoms with E-state index in [1.807, 2.05) is 0 Å². The van der Waals surface area contributed by atoms with E-state index in [2.05, 4.69) is 77.6 Å². The Morgan fingerprint density at radius 2 is 0.733 bits per heavy atom. The molecule has 0 unspecified atom stereocenters. The summed E-state index contributed by atoms with van der Waals surface area (Å²) in [5.74, 6) is 0. The molecule has 0 N–H and O–H groups in total. The predicted molar refractivity (Wildman–Crippen MR) is 124 cm³/mol. The Morgan fingerprint density at radius 1 is 0.433 bits per heavy atom. The summed E-state index contributed by atoms with van der Waals surface area (Å²) in [5, 5.41) is 0. The molecule has 2 heteroatoms. The van der Waals surface area contributed by atoms with Gasteiger partial charge < -0.3 is 4.81 Å². The van der Waals surface area contributed by atoms with Gasteiger partial charge in [0.25, 0.3) is 0 Å². The molecule has 1 nitrogen and oxygen atoms in total. The molecule has 0 bridgehead atoms. The van der Waals surface area contributed by atoms with Crippen LogP contribution in [0.1, 0.15) is 44.5 Å². The largest absolute Gasteiger partial charge is 0.376 e. The van der Waals surface area contributed by atoms with Gasteiger partial charge in [-0.05, 0) is 74.7 Å². The second-order valence-electron chi connectivity index (χ2n) is 9.31. The molecule has 4 aliphatic rings. The summed E-state index contributed by atoms with van der Waals surface area (Å²) in [7, 11) is 0. The van der Waals surface area contributed by atoms with Gasteiger partial charge in [-0.2, -0.15) is 0 Å². The molecular formula is C28H20BN. The lowest BCUT2D eigenvalue weighted by atomic mass is 9.42. The van der Waals surface area contributed by atoms with Gasteiger partial charge in [0.15, 0.2) is 0 Å². The molecule has 4 aliphatic heterocycles. The molecule has 0 amide bonds. The number of para-hydroxylation sites is 2. The normalized spacial score (nSPS) is 16.0. The van der Waals surface area contributed by atoms with Crippen molar-refractivity contribution in [2.45, 2.75) is 25.7 Å². The molecule has 0 fully saturated rings. The number of anilines is 2. The van der Waals surface area contributed by atoms with Crippen LogP contribution in [0.15, 0.2) is 72.8 Å². The maximum absolute atomic E-state index is 2.75. The third kappa shape index (κ3) is 1.77. The summed E-state index contributed by atoms with van der Waals surface area (Å²) in [6.07, 6.45) is 4.17. The quantitative estimate of drug-likeness (QED) is 0.363. The van der Waals surface area contributed by atoms with E-state index in [4.69, 9.17) is 0 Å². The first-order chi connectivity index (χ1) is 14.9. The molecule has 0 aromatic heterocycles. The SMILES string of the molecule is c1cc2c3c(c1)Cc1cccc4c1N1B3c3c(cccc3Cc3cccc(c31)C4)C2. The Bertz CT molecular complexity index is 1200. The lowest BCUT2D eigenvalue weighted by Gasteiger charge is -2.41. The minimum absolute atomic E-state index is 0.293. The van der Waals surface area contributed by atoms with Crippen LogP contribution in [0.4, 0.5) is 11.4 Å². The van der Waals surface area contributed by atoms with Crippen LogP contribution in [0.25, 0.3) is 0 Å².